The molecule has 0 spiro atoms. The maximum Gasteiger partial charge on any atom is 0.291 e. The Kier molecular flexibility index (Phi) is 4.69. The molecule has 1 fully saturated rings. The Labute approximate surface area is 179 Å². The Bertz CT molecular complexity index is 1320. The largest absolute Gasteiger partial charge is 0.353 e. The minimum atomic E-state index is -0.501. The fourth-order valence-corrected chi connectivity index (χ4v) is 4.46. The molecule has 3 aromatic heterocycles. The smallest absolute Gasteiger partial charge is 0.291 e. The van der Waals surface area contributed by atoms with Gasteiger partial charge < -0.3 is 14.4 Å². The summed E-state index contributed by atoms with van der Waals surface area (Å²) < 4.78 is 3.20. The Morgan fingerprint density at radius 3 is 2.48 bits per heavy atom. The molecule has 1 aliphatic heterocycles. The molecule has 0 saturated carbocycles. The number of hydrogen-bond acceptors (Lipinski definition) is 5. The van der Waals surface area contributed by atoms with Crippen molar-refractivity contribution in [3.8, 4) is 0 Å². The van der Waals surface area contributed by atoms with Gasteiger partial charge in [0.2, 0.25) is 5.91 Å². The van der Waals surface area contributed by atoms with E-state index in [2.05, 4.69) is 15.0 Å². The van der Waals surface area contributed by atoms with Gasteiger partial charge in [0.15, 0.2) is 0 Å². The number of amides is 1. The van der Waals surface area contributed by atoms with E-state index in [-0.39, 0.29) is 11.5 Å². The standard InChI is InChI=1S/C23H24N6O2/c1-16(22(30)28-13-11-27(12-14-28)20-9-5-6-10-24-20)29-19-8-4-3-7-17(19)18-15-25-26(2)23(31)21(18)29/h3-10,15-16H,11-14H2,1-2H3/t16-/m0/s1. The molecule has 1 aliphatic rings. The van der Waals surface area contributed by atoms with Crippen molar-refractivity contribution < 1.29 is 4.79 Å². The molecule has 8 nitrogen and oxygen atoms in total. The number of hydrogen-bond donors (Lipinski definition) is 0. The van der Waals surface area contributed by atoms with Gasteiger partial charge in [-0.25, -0.2) is 9.67 Å². The number of para-hydroxylation sites is 1. The second-order valence-corrected chi connectivity index (χ2v) is 7.90. The van der Waals surface area contributed by atoms with E-state index in [1.165, 1.54) is 4.68 Å². The highest BCUT2D eigenvalue weighted by molar-refractivity contribution is 6.08. The third-order valence-corrected chi connectivity index (χ3v) is 6.12. The Hall–Kier alpha value is -3.68. The van der Waals surface area contributed by atoms with Gasteiger partial charge in [-0.15, -0.1) is 0 Å². The van der Waals surface area contributed by atoms with Crippen molar-refractivity contribution in [2.75, 3.05) is 31.1 Å². The predicted octanol–water partition coefficient (Wildman–Crippen LogP) is 2.19. The van der Waals surface area contributed by atoms with Crippen LogP contribution in [0.2, 0.25) is 0 Å². The van der Waals surface area contributed by atoms with Gasteiger partial charge >= 0.3 is 0 Å². The van der Waals surface area contributed by atoms with Crippen LogP contribution in [-0.2, 0) is 11.8 Å². The van der Waals surface area contributed by atoms with Gasteiger partial charge in [0.25, 0.3) is 5.56 Å². The van der Waals surface area contributed by atoms with E-state index in [1.807, 2.05) is 58.9 Å². The summed E-state index contributed by atoms with van der Waals surface area (Å²) in [5.41, 5.74) is 1.19. The molecule has 8 heteroatoms. The molecule has 31 heavy (non-hydrogen) atoms. The van der Waals surface area contributed by atoms with Gasteiger partial charge in [-0.2, -0.15) is 5.10 Å². The Morgan fingerprint density at radius 2 is 1.74 bits per heavy atom. The maximum absolute atomic E-state index is 13.5. The summed E-state index contributed by atoms with van der Waals surface area (Å²) in [6.45, 7) is 4.58. The number of carbonyl (C=O) groups excluding carboxylic acids is 1. The highest BCUT2D eigenvalue weighted by Crippen LogP contribution is 2.30. The van der Waals surface area contributed by atoms with Crippen molar-refractivity contribution in [2.45, 2.75) is 13.0 Å². The maximum atomic E-state index is 13.5. The number of fused-ring (bicyclic) bond motifs is 3. The highest BCUT2D eigenvalue weighted by atomic mass is 16.2. The lowest BCUT2D eigenvalue weighted by Gasteiger charge is -2.36. The van der Waals surface area contributed by atoms with Gasteiger partial charge in [-0.3, -0.25) is 9.59 Å². The average Bonchev–Trinajstić information content (AvgIpc) is 3.16. The number of aryl methyl sites for hydroxylation is 1. The van der Waals surface area contributed by atoms with E-state index in [9.17, 15) is 9.59 Å². The molecule has 5 rings (SSSR count). The molecule has 4 heterocycles. The Morgan fingerprint density at radius 1 is 1.00 bits per heavy atom. The van der Waals surface area contributed by atoms with E-state index < -0.39 is 6.04 Å². The fraction of sp³-hybridized carbons (Fsp3) is 0.304. The number of benzene rings is 1. The van der Waals surface area contributed by atoms with Crippen LogP contribution in [0, 0.1) is 0 Å². The molecule has 0 radical (unpaired) electrons. The predicted molar refractivity (Wildman–Crippen MR) is 120 cm³/mol. The molecule has 1 atom stereocenters. The van der Waals surface area contributed by atoms with Crippen LogP contribution in [-0.4, -0.2) is 56.3 Å². The molecule has 0 aliphatic carbocycles. The summed E-state index contributed by atoms with van der Waals surface area (Å²) in [4.78, 5) is 34.9. The summed E-state index contributed by atoms with van der Waals surface area (Å²) in [6.07, 6.45) is 3.49. The normalized spacial score (nSPS) is 15.5. The average molecular weight is 416 g/mol. The van der Waals surface area contributed by atoms with Crippen LogP contribution in [0.15, 0.2) is 59.7 Å². The zero-order valence-corrected chi connectivity index (χ0v) is 17.6. The van der Waals surface area contributed by atoms with Crippen LogP contribution < -0.4 is 10.5 Å². The van der Waals surface area contributed by atoms with E-state index >= 15 is 0 Å². The van der Waals surface area contributed by atoms with Crippen LogP contribution in [0.5, 0.6) is 0 Å². The molecule has 4 aromatic rings. The van der Waals surface area contributed by atoms with Crippen LogP contribution in [0.25, 0.3) is 21.8 Å². The zero-order valence-electron chi connectivity index (χ0n) is 17.6. The van der Waals surface area contributed by atoms with Gasteiger partial charge in [0, 0.05) is 50.2 Å². The fourth-order valence-electron chi connectivity index (χ4n) is 4.46. The number of carbonyl (C=O) groups is 1. The lowest BCUT2D eigenvalue weighted by atomic mass is 10.2. The summed E-state index contributed by atoms with van der Waals surface area (Å²) in [7, 11) is 1.63. The first-order chi connectivity index (χ1) is 15.1. The van der Waals surface area contributed by atoms with Crippen LogP contribution in [0.4, 0.5) is 5.82 Å². The van der Waals surface area contributed by atoms with Crippen molar-refractivity contribution in [3.05, 3.63) is 65.2 Å². The van der Waals surface area contributed by atoms with Crippen molar-refractivity contribution >= 4 is 33.5 Å². The highest BCUT2D eigenvalue weighted by Gasteiger charge is 2.29. The van der Waals surface area contributed by atoms with Crippen molar-refractivity contribution in [1.82, 2.24) is 24.2 Å². The minimum Gasteiger partial charge on any atom is -0.353 e. The van der Waals surface area contributed by atoms with E-state index in [4.69, 9.17) is 0 Å². The number of rotatable bonds is 3. The summed E-state index contributed by atoms with van der Waals surface area (Å²) in [5.74, 6) is 0.947. The molecular weight excluding hydrogens is 392 g/mol. The molecule has 0 unspecified atom stereocenters. The van der Waals surface area contributed by atoms with Crippen molar-refractivity contribution in [3.63, 3.8) is 0 Å². The first-order valence-electron chi connectivity index (χ1n) is 10.5. The lowest BCUT2D eigenvalue weighted by Crippen LogP contribution is -2.50. The monoisotopic (exact) mass is 416 g/mol. The third-order valence-electron chi connectivity index (χ3n) is 6.12. The Balaban J connectivity index is 1.48. The third kappa shape index (κ3) is 3.15. The van der Waals surface area contributed by atoms with Gasteiger partial charge in [0.1, 0.15) is 17.4 Å². The van der Waals surface area contributed by atoms with E-state index in [0.29, 0.717) is 18.6 Å². The van der Waals surface area contributed by atoms with Crippen LogP contribution >= 0.6 is 0 Å². The van der Waals surface area contributed by atoms with E-state index in [0.717, 1.165) is 35.2 Å². The number of anilines is 1. The quantitative estimate of drug-likeness (QED) is 0.512. The molecule has 1 saturated heterocycles. The van der Waals surface area contributed by atoms with Gasteiger partial charge in [0.05, 0.1) is 11.7 Å². The minimum absolute atomic E-state index is 0.0159. The van der Waals surface area contributed by atoms with Crippen molar-refractivity contribution in [1.29, 1.82) is 0 Å². The molecule has 0 N–H and O–H groups in total. The topological polar surface area (TPSA) is 76.3 Å². The second kappa shape index (κ2) is 7.54. The summed E-state index contributed by atoms with van der Waals surface area (Å²) >= 11 is 0. The van der Waals surface area contributed by atoms with Crippen LogP contribution in [0.1, 0.15) is 13.0 Å². The SMILES string of the molecule is C[C@@H](C(=O)N1CCN(c2ccccn2)CC1)n1c2ccccc2c2cnn(C)c(=O)c21. The first-order valence-corrected chi connectivity index (χ1v) is 10.5. The molecule has 158 valence electrons. The number of nitrogens with zero attached hydrogens (tertiary/aromatic N) is 6. The molecular formula is C23H24N6O2. The first kappa shape index (κ1) is 19.3. The zero-order chi connectivity index (χ0) is 21.5. The molecule has 0 bridgehead atoms. The lowest BCUT2D eigenvalue weighted by molar-refractivity contribution is -0.134. The van der Waals surface area contributed by atoms with Crippen molar-refractivity contribution in [2.24, 2.45) is 7.05 Å². The summed E-state index contributed by atoms with van der Waals surface area (Å²) in [6, 6.07) is 13.2. The van der Waals surface area contributed by atoms with Gasteiger partial charge in [-0.1, -0.05) is 24.3 Å². The number of piperazine rings is 1. The van der Waals surface area contributed by atoms with Crippen LogP contribution in [0.3, 0.4) is 0 Å². The number of pyridine rings is 1. The summed E-state index contributed by atoms with van der Waals surface area (Å²) in [5, 5.41) is 5.89. The van der Waals surface area contributed by atoms with E-state index in [1.54, 1.807) is 19.4 Å². The van der Waals surface area contributed by atoms with Gasteiger partial charge in [-0.05, 0) is 25.1 Å². The molecule has 1 amide bonds. The second-order valence-electron chi connectivity index (χ2n) is 7.90. The molecule has 1 aromatic carbocycles. The number of aromatic nitrogens is 4.